The van der Waals surface area contributed by atoms with Crippen LogP contribution in [-0.4, -0.2) is 114 Å². The van der Waals surface area contributed by atoms with Crippen LogP contribution in [0.4, 0.5) is 0 Å². The number of alkyl halides is 1. The maximum absolute atomic E-state index is 13.8. The van der Waals surface area contributed by atoms with E-state index in [0.717, 1.165) is 51.9 Å². The lowest BCUT2D eigenvalue weighted by molar-refractivity contribution is -0.188. The zero-order valence-corrected chi connectivity index (χ0v) is 21.6. The van der Waals surface area contributed by atoms with E-state index < -0.39 is 0 Å². The lowest BCUT2D eigenvalue weighted by atomic mass is 9.70. The molecule has 198 valence electrons. The number of halogens is 1. The van der Waals surface area contributed by atoms with E-state index in [4.69, 9.17) is 16.3 Å². The molecule has 2 saturated carbocycles. The molecule has 4 heterocycles. The summed E-state index contributed by atoms with van der Waals surface area (Å²) in [7, 11) is 0. The third-order valence-electron chi connectivity index (χ3n) is 9.21. The van der Waals surface area contributed by atoms with Crippen molar-refractivity contribution in [1.82, 2.24) is 25.3 Å². The highest BCUT2D eigenvalue weighted by atomic mass is 35.5. The number of nitrogens with one attached hydrogen (secondary N) is 2. The first-order valence-electron chi connectivity index (χ1n) is 13.8. The van der Waals surface area contributed by atoms with Crippen LogP contribution in [0.15, 0.2) is 11.8 Å². The number of hydrogen-bond donors (Lipinski definition) is 2. The van der Waals surface area contributed by atoms with Crippen molar-refractivity contribution in [3.05, 3.63) is 11.8 Å². The minimum Gasteiger partial charge on any atom is -0.371 e. The second-order valence-electron chi connectivity index (χ2n) is 11.4. The normalized spacial score (nSPS) is 39.2. The summed E-state index contributed by atoms with van der Waals surface area (Å²) in [5.74, 6) is -0.635. The Morgan fingerprint density at radius 3 is 2.75 bits per heavy atom. The van der Waals surface area contributed by atoms with E-state index in [0.29, 0.717) is 26.1 Å². The van der Waals surface area contributed by atoms with Crippen molar-refractivity contribution in [2.75, 3.05) is 45.8 Å². The van der Waals surface area contributed by atoms with Gasteiger partial charge in [-0.3, -0.25) is 19.3 Å². The SMILES string of the molecule is O=C1CN(C2CC3OC4CCC(Cl)CC4N4C=C(C(=O)NCCN5CCCC5)C(=O)C(C2)C34)CCN1. The van der Waals surface area contributed by atoms with Crippen LogP contribution in [0.1, 0.15) is 44.9 Å². The predicted molar refractivity (Wildman–Crippen MR) is 134 cm³/mol. The molecule has 0 aromatic rings. The molecule has 6 rings (SSSR count). The standard InChI is InChI=1S/C26H38ClN5O4/c27-16-3-4-21-20(11-16)32-14-19(26(35)29-5-9-30-7-1-2-8-30)25(34)18-12-17(13-22(36-21)24(18)32)31-10-6-28-23(33)15-31/h14,16-18,20-22,24H,1-13,15H2,(H,28,33)(H,29,35). The summed E-state index contributed by atoms with van der Waals surface area (Å²) in [6.45, 7) is 5.27. The monoisotopic (exact) mass is 519 g/mol. The highest BCUT2D eigenvalue weighted by Gasteiger charge is 2.56. The fourth-order valence-electron chi connectivity index (χ4n) is 7.44. The lowest BCUT2D eigenvalue weighted by Crippen LogP contribution is -2.69. The van der Waals surface area contributed by atoms with Crippen molar-refractivity contribution in [2.24, 2.45) is 5.92 Å². The maximum atomic E-state index is 13.8. The summed E-state index contributed by atoms with van der Waals surface area (Å²) < 4.78 is 6.68. The Labute approximate surface area is 217 Å². The van der Waals surface area contributed by atoms with Crippen LogP contribution in [0.25, 0.3) is 0 Å². The molecule has 9 nitrogen and oxygen atoms in total. The number of piperazine rings is 1. The number of Topliss-reactive ketones (excluding diaryl/α,β-unsaturated/α-hetero) is 1. The Morgan fingerprint density at radius 2 is 1.94 bits per heavy atom. The molecular formula is C26H38ClN5O4. The van der Waals surface area contributed by atoms with Gasteiger partial charge < -0.3 is 25.2 Å². The van der Waals surface area contributed by atoms with Gasteiger partial charge in [0.2, 0.25) is 5.91 Å². The molecule has 0 bridgehead atoms. The molecule has 7 unspecified atom stereocenters. The summed E-state index contributed by atoms with van der Waals surface area (Å²) >= 11 is 6.59. The van der Waals surface area contributed by atoms with Crippen molar-refractivity contribution in [1.29, 1.82) is 0 Å². The molecule has 6 aliphatic rings. The van der Waals surface area contributed by atoms with Crippen LogP contribution >= 0.6 is 11.6 Å². The second kappa shape index (κ2) is 10.2. The summed E-state index contributed by atoms with van der Waals surface area (Å²) in [6, 6.07) is 0.103. The average molecular weight is 520 g/mol. The quantitative estimate of drug-likeness (QED) is 0.403. The van der Waals surface area contributed by atoms with Crippen LogP contribution in [0.3, 0.4) is 0 Å². The number of amides is 2. The van der Waals surface area contributed by atoms with Gasteiger partial charge in [-0.15, -0.1) is 11.6 Å². The van der Waals surface area contributed by atoms with E-state index in [-0.39, 0.29) is 64.8 Å². The van der Waals surface area contributed by atoms with Crippen molar-refractivity contribution in [3.63, 3.8) is 0 Å². The van der Waals surface area contributed by atoms with Crippen molar-refractivity contribution in [3.8, 4) is 0 Å². The molecule has 36 heavy (non-hydrogen) atoms. The largest absolute Gasteiger partial charge is 0.371 e. The molecule has 0 radical (unpaired) electrons. The first kappa shape index (κ1) is 24.6. The first-order valence-corrected chi connectivity index (χ1v) is 14.3. The molecule has 4 aliphatic heterocycles. The number of ketones is 1. The van der Waals surface area contributed by atoms with E-state index in [1.165, 1.54) is 12.8 Å². The third-order valence-corrected chi connectivity index (χ3v) is 9.61. The molecule has 0 spiro atoms. The first-order chi connectivity index (χ1) is 17.5. The molecule has 3 saturated heterocycles. The van der Waals surface area contributed by atoms with E-state index in [1.54, 1.807) is 0 Å². The number of nitrogens with zero attached hydrogens (tertiary/aromatic N) is 3. The molecule has 7 atom stereocenters. The summed E-state index contributed by atoms with van der Waals surface area (Å²) in [5, 5.41) is 6.00. The van der Waals surface area contributed by atoms with Crippen molar-refractivity contribution >= 4 is 29.2 Å². The molecule has 5 fully saturated rings. The molecule has 0 aromatic heterocycles. The predicted octanol–water partition coefficient (Wildman–Crippen LogP) is 0.473. The fraction of sp³-hybridized carbons (Fsp3) is 0.808. The van der Waals surface area contributed by atoms with Gasteiger partial charge in [0.15, 0.2) is 5.78 Å². The highest BCUT2D eigenvalue weighted by Crippen LogP contribution is 2.46. The summed E-state index contributed by atoms with van der Waals surface area (Å²) in [5.41, 5.74) is 0.269. The Balaban J connectivity index is 1.24. The Bertz CT molecular complexity index is 924. The van der Waals surface area contributed by atoms with E-state index in [9.17, 15) is 14.4 Å². The molecule has 0 aromatic carbocycles. The number of carbonyl (C=O) groups excluding carboxylic acids is 3. The van der Waals surface area contributed by atoms with Gasteiger partial charge in [0.25, 0.3) is 5.91 Å². The van der Waals surface area contributed by atoms with Crippen LogP contribution < -0.4 is 10.6 Å². The number of morpholine rings is 1. The number of likely N-dealkylation sites (tertiary alicyclic amines) is 1. The van der Waals surface area contributed by atoms with Crippen LogP contribution in [0, 0.1) is 5.92 Å². The number of hydrogen-bond acceptors (Lipinski definition) is 7. The second-order valence-corrected chi connectivity index (χ2v) is 12.0. The summed E-state index contributed by atoms with van der Waals surface area (Å²) in [4.78, 5) is 46.1. The van der Waals surface area contributed by atoms with Crippen LogP contribution in [0.5, 0.6) is 0 Å². The van der Waals surface area contributed by atoms with Gasteiger partial charge in [-0.05, 0) is 58.0 Å². The van der Waals surface area contributed by atoms with Gasteiger partial charge >= 0.3 is 0 Å². The van der Waals surface area contributed by atoms with E-state index in [2.05, 4.69) is 25.3 Å². The molecule has 2 amide bonds. The van der Waals surface area contributed by atoms with Gasteiger partial charge in [0.05, 0.1) is 36.4 Å². The fourth-order valence-corrected chi connectivity index (χ4v) is 7.75. The van der Waals surface area contributed by atoms with Gasteiger partial charge in [0.1, 0.15) is 0 Å². The minimum absolute atomic E-state index is 0.0306. The number of carbonyl (C=O) groups is 3. The van der Waals surface area contributed by atoms with Gasteiger partial charge in [-0.2, -0.15) is 0 Å². The average Bonchev–Trinajstić information content (AvgIpc) is 3.39. The summed E-state index contributed by atoms with van der Waals surface area (Å²) in [6.07, 6.45) is 8.27. The topological polar surface area (TPSA) is 94.2 Å². The van der Waals surface area contributed by atoms with Gasteiger partial charge in [-0.25, -0.2) is 0 Å². The number of fused-ring (bicyclic) bond motifs is 2. The molecular weight excluding hydrogens is 482 g/mol. The van der Waals surface area contributed by atoms with E-state index in [1.807, 2.05) is 6.20 Å². The Morgan fingerprint density at radius 1 is 1.11 bits per heavy atom. The Hall–Kier alpha value is -1.68. The van der Waals surface area contributed by atoms with Crippen molar-refractivity contribution in [2.45, 2.75) is 80.7 Å². The third kappa shape index (κ3) is 4.68. The molecule has 10 heteroatoms. The highest BCUT2D eigenvalue weighted by molar-refractivity contribution is 6.21. The Kier molecular flexibility index (Phi) is 7.01. The zero-order valence-electron chi connectivity index (χ0n) is 20.9. The smallest absolute Gasteiger partial charge is 0.256 e. The van der Waals surface area contributed by atoms with E-state index >= 15 is 0 Å². The molecule has 2 N–H and O–H groups in total. The maximum Gasteiger partial charge on any atom is 0.256 e. The lowest BCUT2D eigenvalue weighted by Gasteiger charge is -2.59. The zero-order chi connectivity index (χ0) is 24.8. The molecule has 2 aliphatic carbocycles. The van der Waals surface area contributed by atoms with Crippen molar-refractivity contribution < 1.29 is 19.1 Å². The van der Waals surface area contributed by atoms with Crippen LogP contribution in [-0.2, 0) is 19.1 Å². The number of ether oxygens (including phenoxy) is 1. The minimum atomic E-state index is -0.320. The van der Waals surface area contributed by atoms with Crippen LogP contribution in [0.2, 0.25) is 0 Å². The van der Waals surface area contributed by atoms with Gasteiger partial charge in [-0.1, -0.05) is 0 Å². The van der Waals surface area contributed by atoms with Gasteiger partial charge in [0, 0.05) is 49.7 Å². The number of rotatable bonds is 5.